The molecule has 0 unspecified atom stereocenters. The van der Waals surface area contributed by atoms with Crippen LogP contribution >= 0.6 is 0 Å². The minimum absolute atomic E-state index is 0.0543. The van der Waals surface area contributed by atoms with Crippen molar-refractivity contribution < 1.29 is 19.1 Å². The van der Waals surface area contributed by atoms with Crippen LogP contribution in [-0.4, -0.2) is 43.8 Å². The number of rotatable bonds is 4. The van der Waals surface area contributed by atoms with Crippen LogP contribution in [0.1, 0.15) is 24.0 Å². The van der Waals surface area contributed by atoms with Crippen molar-refractivity contribution in [2.24, 2.45) is 0 Å². The van der Waals surface area contributed by atoms with Gasteiger partial charge in [-0.3, -0.25) is 4.90 Å². The number of fused-ring (bicyclic) bond motifs is 3. The highest BCUT2D eigenvalue weighted by Crippen LogP contribution is 2.44. The van der Waals surface area contributed by atoms with E-state index in [-0.39, 0.29) is 12.5 Å². The van der Waals surface area contributed by atoms with E-state index in [1.807, 2.05) is 36.4 Å². The summed E-state index contributed by atoms with van der Waals surface area (Å²) in [7, 11) is 3.48. The summed E-state index contributed by atoms with van der Waals surface area (Å²) in [5.41, 5.74) is 4.53. The first-order chi connectivity index (χ1) is 12.0. The van der Waals surface area contributed by atoms with Crippen molar-refractivity contribution in [2.45, 2.75) is 18.9 Å². The van der Waals surface area contributed by atoms with Gasteiger partial charge in [0.2, 0.25) is 0 Å². The fourth-order valence-electron chi connectivity index (χ4n) is 3.00. The molecule has 0 saturated carbocycles. The molecular formula is C20H21NO4. The molecule has 0 saturated heterocycles. The molecule has 0 heterocycles. The Kier molecular flexibility index (Phi) is 4.86. The zero-order valence-electron chi connectivity index (χ0n) is 14.6. The van der Waals surface area contributed by atoms with Gasteiger partial charge in [-0.25, -0.2) is 9.59 Å². The molecule has 2 aromatic carbocycles. The molecule has 0 amide bonds. The summed E-state index contributed by atoms with van der Waals surface area (Å²) < 4.78 is 10.0. The molecule has 0 spiro atoms. The summed E-state index contributed by atoms with van der Waals surface area (Å²) in [5, 5.41) is 0. The summed E-state index contributed by atoms with van der Waals surface area (Å²) in [6.07, 6.45) is -0.958. The van der Waals surface area contributed by atoms with Crippen LogP contribution in [0.5, 0.6) is 0 Å². The van der Waals surface area contributed by atoms with Crippen LogP contribution in [-0.2, 0) is 14.3 Å². The van der Waals surface area contributed by atoms with Gasteiger partial charge in [-0.05, 0) is 43.3 Å². The molecule has 5 heteroatoms. The first-order valence-corrected chi connectivity index (χ1v) is 8.22. The minimum atomic E-state index is -0.958. The Labute approximate surface area is 147 Å². The molecule has 0 bridgehead atoms. The molecule has 5 nitrogen and oxygen atoms in total. The van der Waals surface area contributed by atoms with Crippen molar-refractivity contribution >= 4 is 12.1 Å². The molecule has 3 rings (SSSR count). The van der Waals surface area contributed by atoms with Crippen molar-refractivity contribution in [3.63, 3.8) is 0 Å². The molecular weight excluding hydrogens is 318 g/mol. The lowest BCUT2D eigenvalue weighted by Crippen LogP contribution is -2.35. The van der Waals surface area contributed by atoms with E-state index in [1.54, 1.807) is 25.9 Å². The fourth-order valence-corrected chi connectivity index (χ4v) is 3.00. The number of carbonyl (C=O) groups excluding carboxylic acids is 2. The lowest BCUT2D eigenvalue weighted by Gasteiger charge is -2.18. The molecule has 0 aliphatic heterocycles. The molecule has 0 aromatic heterocycles. The van der Waals surface area contributed by atoms with E-state index >= 15 is 0 Å². The number of hydrogen-bond donors (Lipinski definition) is 0. The second kappa shape index (κ2) is 7.07. The van der Waals surface area contributed by atoms with Gasteiger partial charge in [0, 0.05) is 5.92 Å². The van der Waals surface area contributed by atoms with Gasteiger partial charge in [-0.1, -0.05) is 48.5 Å². The van der Waals surface area contributed by atoms with E-state index in [9.17, 15) is 9.59 Å². The maximum Gasteiger partial charge on any atom is 0.516 e. The Balaban J connectivity index is 1.70. The van der Waals surface area contributed by atoms with Crippen LogP contribution in [0.3, 0.4) is 0 Å². The zero-order valence-corrected chi connectivity index (χ0v) is 14.6. The smallest absolute Gasteiger partial charge is 0.433 e. The average Bonchev–Trinajstić information content (AvgIpc) is 2.93. The highest BCUT2D eigenvalue weighted by Gasteiger charge is 2.30. The van der Waals surface area contributed by atoms with E-state index in [1.165, 1.54) is 0 Å². The number of carbonyl (C=O) groups is 2. The van der Waals surface area contributed by atoms with Crippen molar-refractivity contribution in [1.29, 1.82) is 0 Å². The Bertz CT molecular complexity index is 754. The Morgan fingerprint density at radius 1 is 1.00 bits per heavy atom. The van der Waals surface area contributed by atoms with Crippen molar-refractivity contribution in [3.05, 3.63) is 59.7 Å². The van der Waals surface area contributed by atoms with E-state index < -0.39 is 18.2 Å². The van der Waals surface area contributed by atoms with E-state index in [4.69, 9.17) is 9.47 Å². The van der Waals surface area contributed by atoms with Crippen LogP contribution in [0.4, 0.5) is 4.79 Å². The van der Waals surface area contributed by atoms with Gasteiger partial charge < -0.3 is 9.47 Å². The number of hydrogen-bond acceptors (Lipinski definition) is 5. The highest BCUT2D eigenvalue weighted by atomic mass is 16.7. The summed E-state index contributed by atoms with van der Waals surface area (Å²) in [4.78, 5) is 25.4. The molecule has 1 aliphatic carbocycles. The fraction of sp³-hybridized carbons (Fsp3) is 0.300. The Hall–Kier alpha value is -2.66. The largest absolute Gasteiger partial charge is 0.516 e. The van der Waals surface area contributed by atoms with E-state index in [0.29, 0.717) is 0 Å². The maximum atomic E-state index is 11.9. The van der Waals surface area contributed by atoms with Crippen LogP contribution in [0.15, 0.2) is 48.5 Å². The van der Waals surface area contributed by atoms with Crippen LogP contribution in [0.2, 0.25) is 0 Å². The normalized spacial score (nSPS) is 13.9. The van der Waals surface area contributed by atoms with E-state index in [0.717, 1.165) is 22.3 Å². The number of ether oxygens (including phenoxy) is 2. The number of nitrogens with zero attached hydrogens (tertiary/aromatic N) is 1. The molecule has 0 fully saturated rings. The van der Waals surface area contributed by atoms with Gasteiger partial charge in [-0.2, -0.15) is 0 Å². The molecule has 130 valence electrons. The lowest BCUT2D eigenvalue weighted by molar-refractivity contribution is -0.144. The predicted molar refractivity (Wildman–Crippen MR) is 94.3 cm³/mol. The third kappa shape index (κ3) is 3.42. The predicted octanol–water partition coefficient (Wildman–Crippen LogP) is 3.43. The summed E-state index contributed by atoms with van der Waals surface area (Å²) in [5.74, 6) is -0.677. The first-order valence-electron chi connectivity index (χ1n) is 8.22. The topological polar surface area (TPSA) is 55.8 Å². The van der Waals surface area contributed by atoms with Gasteiger partial charge in [0.15, 0.2) is 0 Å². The third-order valence-corrected chi connectivity index (χ3v) is 4.63. The monoisotopic (exact) mass is 339 g/mol. The summed E-state index contributed by atoms with van der Waals surface area (Å²) in [6.45, 7) is 1.80. The summed E-state index contributed by atoms with van der Waals surface area (Å²) >= 11 is 0. The molecule has 1 atom stereocenters. The standard InChI is InChI=1S/C20H21NO4/c1-13(21(2)3)19(22)25-20(23)24-12-18-16-10-6-4-8-14(16)15-9-5-7-11-17(15)18/h4-11,13,18H,12H2,1-3H3/t13-/m0/s1. The van der Waals surface area contributed by atoms with E-state index in [2.05, 4.69) is 12.1 Å². The van der Waals surface area contributed by atoms with Gasteiger partial charge in [-0.15, -0.1) is 0 Å². The lowest BCUT2D eigenvalue weighted by atomic mass is 9.98. The minimum Gasteiger partial charge on any atom is -0.433 e. The Morgan fingerprint density at radius 2 is 1.52 bits per heavy atom. The second-order valence-electron chi connectivity index (χ2n) is 6.35. The van der Waals surface area contributed by atoms with Gasteiger partial charge >= 0.3 is 12.1 Å². The SMILES string of the molecule is C[C@@H](C(=O)OC(=O)OCC1c2ccccc2-c2ccccc21)N(C)C. The van der Waals surface area contributed by atoms with Crippen LogP contribution < -0.4 is 0 Å². The number of esters is 1. The number of likely N-dealkylation sites (N-methyl/N-ethyl adjacent to an activating group) is 1. The van der Waals surface area contributed by atoms with Gasteiger partial charge in [0.1, 0.15) is 12.6 Å². The molecule has 25 heavy (non-hydrogen) atoms. The second-order valence-corrected chi connectivity index (χ2v) is 6.35. The molecule has 0 radical (unpaired) electrons. The van der Waals surface area contributed by atoms with Gasteiger partial charge in [0.25, 0.3) is 0 Å². The Morgan fingerprint density at radius 3 is 2.04 bits per heavy atom. The van der Waals surface area contributed by atoms with Crippen molar-refractivity contribution in [3.8, 4) is 11.1 Å². The molecule has 2 aromatic rings. The third-order valence-electron chi connectivity index (χ3n) is 4.63. The summed E-state index contributed by atoms with van der Waals surface area (Å²) in [6, 6.07) is 15.6. The zero-order chi connectivity index (χ0) is 18.0. The van der Waals surface area contributed by atoms with Crippen LogP contribution in [0, 0.1) is 0 Å². The molecule has 0 N–H and O–H groups in total. The van der Waals surface area contributed by atoms with Gasteiger partial charge in [0.05, 0.1) is 0 Å². The van der Waals surface area contributed by atoms with Crippen LogP contribution in [0.25, 0.3) is 11.1 Å². The highest BCUT2D eigenvalue weighted by molar-refractivity contribution is 5.85. The first kappa shape index (κ1) is 17.2. The average molecular weight is 339 g/mol. The van der Waals surface area contributed by atoms with Crippen molar-refractivity contribution in [1.82, 2.24) is 4.90 Å². The quantitative estimate of drug-likeness (QED) is 0.631. The van der Waals surface area contributed by atoms with Crippen molar-refractivity contribution in [2.75, 3.05) is 20.7 Å². The maximum absolute atomic E-state index is 11.9. The molecule has 1 aliphatic rings. The number of benzene rings is 2.